The van der Waals surface area contributed by atoms with E-state index in [9.17, 15) is 4.79 Å². The number of halogens is 1. The number of carboxylic acids is 1. The summed E-state index contributed by atoms with van der Waals surface area (Å²) in [4.78, 5) is 14.5. The number of aromatic nitrogens is 3. The van der Waals surface area contributed by atoms with E-state index >= 15 is 0 Å². The second-order valence-corrected chi connectivity index (χ2v) is 6.56. The van der Waals surface area contributed by atoms with E-state index in [2.05, 4.69) is 15.2 Å². The molecule has 0 bridgehead atoms. The van der Waals surface area contributed by atoms with Gasteiger partial charge in [0.05, 0.1) is 17.3 Å². The fraction of sp³-hybridized carbons (Fsp3) is 0.462. The van der Waals surface area contributed by atoms with E-state index < -0.39 is 5.97 Å². The average molecular weight is 327 g/mol. The first kappa shape index (κ1) is 14.5. The van der Waals surface area contributed by atoms with Crippen LogP contribution in [0.5, 0.6) is 0 Å². The molecule has 1 saturated heterocycles. The summed E-state index contributed by atoms with van der Waals surface area (Å²) in [5, 5.41) is 19.2. The molecule has 0 amide bonds. The van der Waals surface area contributed by atoms with Crippen LogP contribution in [-0.2, 0) is 6.54 Å². The van der Waals surface area contributed by atoms with E-state index in [1.54, 1.807) is 16.0 Å². The van der Waals surface area contributed by atoms with Gasteiger partial charge in [0.1, 0.15) is 0 Å². The number of thiophene rings is 1. The Morgan fingerprint density at radius 3 is 2.81 bits per heavy atom. The Balaban J connectivity index is 1.55. The maximum absolute atomic E-state index is 10.8. The van der Waals surface area contributed by atoms with Gasteiger partial charge in [-0.1, -0.05) is 16.8 Å². The number of rotatable bonds is 4. The molecule has 0 unspecified atom stereocenters. The van der Waals surface area contributed by atoms with Gasteiger partial charge in [-0.25, -0.2) is 9.48 Å². The molecule has 2 aromatic heterocycles. The van der Waals surface area contributed by atoms with Crippen LogP contribution in [0.15, 0.2) is 17.6 Å². The number of likely N-dealkylation sites (tertiary alicyclic amines) is 1. The molecule has 3 rings (SSSR count). The van der Waals surface area contributed by atoms with Crippen LogP contribution in [-0.4, -0.2) is 44.1 Å². The number of hydrogen-bond donors (Lipinski definition) is 1. The van der Waals surface area contributed by atoms with Crippen LogP contribution < -0.4 is 0 Å². The van der Waals surface area contributed by atoms with Crippen LogP contribution in [0.4, 0.5) is 0 Å². The number of carbonyl (C=O) groups is 1. The van der Waals surface area contributed by atoms with Crippen molar-refractivity contribution in [1.29, 1.82) is 0 Å². The molecular weight excluding hydrogens is 312 g/mol. The Bertz CT molecular complexity index is 634. The van der Waals surface area contributed by atoms with Gasteiger partial charge in [0.25, 0.3) is 0 Å². The molecule has 1 fully saturated rings. The number of nitrogens with zero attached hydrogens (tertiary/aromatic N) is 4. The standard InChI is InChI=1S/C13H15ClN4O2S/c14-9-5-11(21-8-9)6-17-3-1-10(2-4-17)18-7-12(13(19)20)15-16-18/h5,7-8,10H,1-4,6H2,(H,19,20). The summed E-state index contributed by atoms with van der Waals surface area (Å²) in [6, 6.07) is 2.24. The zero-order chi connectivity index (χ0) is 14.8. The monoisotopic (exact) mass is 326 g/mol. The summed E-state index contributed by atoms with van der Waals surface area (Å²) in [6.07, 6.45) is 3.41. The first-order valence-electron chi connectivity index (χ1n) is 6.72. The Morgan fingerprint density at radius 1 is 1.48 bits per heavy atom. The van der Waals surface area contributed by atoms with Crippen LogP contribution in [0, 0.1) is 0 Å². The highest BCUT2D eigenvalue weighted by atomic mass is 35.5. The lowest BCUT2D eigenvalue weighted by atomic mass is 10.1. The van der Waals surface area contributed by atoms with Crippen molar-refractivity contribution in [2.75, 3.05) is 13.1 Å². The maximum Gasteiger partial charge on any atom is 0.358 e. The lowest BCUT2D eigenvalue weighted by molar-refractivity contribution is 0.0690. The maximum atomic E-state index is 10.8. The van der Waals surface area contributed by atoms with Crippen LogP contribution in [0.3, 0.4) is 0 Å². The van der Waals surface area contributed by atoms with Crippen molar-refractivity contribution in [3.63, 3.8) is 0 Å². The molecule has 21 heavy (non-hydrogen) atoms. The van der Waals surface area contributed by atoms with Gasteiger partial charge >= 0.3 is 5.97 Å². The van der Waals surface area contributed by atoms with Gasteiger partial charge in [0.2, 0.25) is 0 Å². The second kappa shape index (κ2) is 6.13. The van der Waals surface area contributed by atoms with Crippen molar-refractivity contribution in [2.45, 2.75) is 25.4 Å². The third-order valence-corrected chi connectivity index (χ3v) is 4.93. The molecule has 0 aromatic carbocycles. The molecule has 1 aliphatic rings. The highest BCUT2D eigenvalue weighted by Gasteiger charge is 2.22. The summed E-state index contributed by atoms with van der Waals surface area (Å²) < 4.78 is 1.68. The normalized spacial score (nSPS) is 17.2. The van der Waals surface area contributed by atoms with E-state index in [1.807, 2.05) is 11.4 Å². The minimum Gasteiger partial charge on any atom is -0.476 e. The molecule has 3 heterocycles. The van der Waals surface area contributed by atoms with Crippen molar-refractivity contribution < 1.29 is 9.90 Å². The molecule has 2 aromatic rings. The van der Waals surface area contributed by atoms with Crippen molar-refractivity contribution in [1.82, 2.24) is 19.9 Å². The summed E-state index contributed by atoms with van der Waals surface area (Å²) >= 11 is 7.62. The van der Waals surface area contributed by atoms with Crippen molar-refractivity contribution in [2.24, 2.45) is 0 Å². The van der Waals surface area contributed by atoms with Crippen LogP contribution in [0.2, 0.25) is 5.02 Å². The summed E-state index contributed by atoms with van der Waals surface area (Å²) in [5.41, 5.74) is 0.00524. The zero-order valence-electron chi connectivity index (χ0n) is 11.3. The molecule has 112 valence electrons. The quantitative estimate of drug-likeness (QED) is 0.934. The topological polar surface area (TPSA) is 71.2 Å². The summed E-state index contributed by atoms with van der Waals surface area (Å²) in [6.45, 7) is 2.84. The fourth-order valence-electron chi connectivity index (χ4n) is 2.55. The molecule has 0 aliphatic carbocycles. The first-order chi connectivity index (χ1) is 10.1. The van der Waals surface area contributed by atoms with Crippen LogP contribution >= 0.6 is 22.9 Å². The highest BCUT2D eigenvalue weighted by molar-refractivity contribution is 7.10. The lowest BCUT2D eigenvalue weighted by Crippen LogP contribution is -2.34. The van der Waals surface area contributed by atoms with Gasteiger partial charge < -0.3 is 5.11 Å². The molecule has 6 nitrogen and oxygen atoms in total. The molecule has 0 atom stereocenters. The highest BCUT2D eigenvalue weighted by Crippen LogP contribution is 2.25. The summed E-state index contributed by atoms with van der Waals surface area (Å²) in [5.74, 6) is -1.03. The molecule has 0 saturated carbocycles. The Labute approximate surface area is 130 Å². The van der Waals surface area contributed by atoms with E-state index in [1.165, 1.54) is 11.1 Å². The van der Waals surface area contributed by atoms with Gasteiger partial charge in [-0.3, -0.25) is 4.90 Å². The number of piperidine rings is 1. The van der Waals surface area contributed by atoms with Crippen molar-refractivity contribution in [3.8, 4) is 0 Å². The molecule has 1 aliphatic heterocycles. The predicted molar refractivity (Wildman–Crippen MR) is 79.9 cm³/mol. The molecular formula is C13H15ClN4O2S. The van der Waals surface area contributed by atoms with Crippen molar-refractivity contribution >= 4 is 28.9 Å². The Kier molecular flexibility index (Phi) is 4.23. The van der Waals surface area contributed by atoms with Gasteiger partial charge in [0, 0.05) is 29.9 Å². The number of carboxylic acid groups (broad SMARTS) is 1. The Hall–Kier alpha value is -1.44. The minimum absolute atomic E-state index is 0.00524. The van der Waals surface area contributed by atoms with E-state index in [-0.39, 0.29) is 11.7 Å². The molecule has 8 heteroatoms. The average Bonchev–Trinajstić information content (AvgIpc) is 3.09. The summed E-state index contributed by atoms with van der Waals surface area (Å²) in [7, 11) is 0. The predicted octanol–water partition coefficient (Wildman–Crippen LogP) is 2.53. The smallest absolute Gasteiger partial charge is 0.358 e. The van der Waals surface area contributed by atoms with E-state index in [0.29, 0.717) is 0 Å². The molecule has 0 radical (unpaired) electrons. The third-order valence-electron chi connectivity index (χ3n) is 3.66. The number of hydrogen-bond acceptors (Lipinski definition) is 5. The number of aromatic carboxylic acids is 1. The van der Waals surface area contributed by atoms with Gasteiger partial charge in [-0.15, -0.1) is 16.4 Å². The van der Waals surface area contributed by atoms with Gasteiger partial charge in [0.15, 0.2) is 5.69 Å². The van der Waals surface area contributed by atoms with Crippen LogP contribution in [0.1, 0.15) is 34.2 Å². The SMILES string of the molecule is O=C(O)c1cn(C2CCN(Cc3cc(Cl)cs3)CC2)nn1. The third kappa shape index (κ3) is 3.42. The van der Waals surface area contributed by atoms with Crippen LogP contribution in [0.25, 0.3) is 0 Å². The van der Waals surface area contributed by atoms with E-state index in [4.69, 9.17) is 16.7 Å². The largest absolute Gasteiger partial charge is 0.476 e. The lowest BCUT2D eigenvalue weighted by Gasteiger charge is -2.31. The fourth-order valence-corrected chi connectivity index (χ4v) is 3.67. The molecule has 0 spiro atoms. The van der Waals surface area contributed by atoms with Crippen molar-refractivity contribution in [3.05, 3.63) is 33.2 Å². The zero-order valence-corrected chi connectivity index (χ0v) is 12.8. The Morgan fingerprint density at radius 2 is 2.24 bits per heavy atom. The molecule has 1 N–H and O–H groups in total. The van der Waals surface area contributed by atoms with Gasteiger partial charge in [-0.05, 0) is 18.9 Å². The van der Waals surface area contributed by atoms with Gasteiger partial charge in [-0.2, -0.15) is 0 Å². The first-order valence-corrected chi connectivity index (χ1v) is 7.98. The minimum atomic E-state index is -1.03. The second-order valence-electron chi connectivity index (χ2n) is 5.13. The van der Waals surface area contributed by atoms with E-state index in [0.717, 1.165) is 37.5 Å².